The van der Waals surface area contributed by atoms with Crippen LogP contribution in [-0.4, -0.2) is 26.6 Å². The van der Waals surface area contributed by atoms with Gasteiger partial charge in [-0.05, 0) is 85.9 Å². The van der Waals surface area contributed by atoms with Gasteiger partial charge in [-0.15, -0.1) is 0 Å². The van der Waals surface area contributed by atoms with Crippen molar-refractivity contribution in [1.29, 1.82) is 0 Å². The first-order chi connectivity index (χ1) is 13.0. The first-order valence-electron chi connectivity index (χ1n) is 10.2. The quantitative estimate of drug-likeness (QED) is 0.569. The molecule has 0 atom stereocenters. The highest BCUT2D eigenvalue weighted by molar-refractivity contribution is 5.94. The van der Waals surface area contributed by atoms with Crippen LogP contribution in [0, 0.1) is 41.5 Å². The minimum absolute atomic E-state index is 0.0133. The van der Waals surface area contributed by atoms with Gasteiger partial charge in [0.15, 0.2) is 5.65 Å². The van der Waals surface area contributed by atoms with Crippen LogP contribution >= 0.6 is 0 Å². The fraction of sp³-hybridized carbons (Fsp3) is 0.500. The van der Waals surface area contributed by atoms with Crippen LogP contribution < -0.4 is 4.90 Å². The summed E-state index contributed by atoms with van der Waals surface area (Å²) >= 11 is 0. The van der Waals surface area contributed by atoms with E-state index in [1.54, 1.807) is 0 Å². The fourth-order valence-corrected chi connectivity index (χ4v) is 4.48. The highest BCUT2D eigenvalue weighted by Crippen LogP contribution is 2.37. The lowest BCUT2D eigenvalue weighted by Gasteiger charge is -2.36. The Hall–Kier alpha value is -2.36. The van der Waals surface area contributed by atoms with Crippen LogP contribution in [0.1, 0.15) is 61.5 Å². The van der Waals surface area contributed by atoms with E-state index in [-0.39, 0.29) is 5.54 Å². The molecule has 1 aromatic carbocycles. The maximum absolute atomic E-state index is 4.92. The second kappa shape index (κ2) is 6.91. The van der Waals surface area contributed by atoms with Gasteiger partial charge in [0.2, 0.25) is 0 Å². The summed E-state index contributed by atoms with van der Waals surface area (Å²) in [6, 6.07) is 4.51. The van der Waals surface area contributed by atoms with Crippen molar-refractivity contribution in [2.45, 2.75) is 74.8 Å². The van der Waals surface area contributed by atoms with Gasteiger partial charge in [-0.1, -0.05) is 17.7 Å². The predicted octanol–water partition coefficient (Wildman–Crippen LogP) is 5.90. The van der Waals surface area contributed by atoms with E-state index in [9.17, 15) is 0 Å². The number of aryl methyl sites for hydroxylation is 5. The number of hydrogen-bond donors (Lipinski definition) is 0. The molecule has 28 heavy (non-hydrogen) atoms. The molecule has 0 N–H and O–H groups in total. The molecule has 0 aliphatic rings. The Labute approximate surface area is 169 Å². The van der Waals surface area contributed by atoms with E-state index < -0.39 is 0 Å². The van der Waals surface area contributed by atoms with Crippen molar-refractivity contribution in [3.8, 4) is 5.69 Å². The topological polar surface area (TPSA) is 34.0 Å². The molecule has 3 aromatic rings. The van der Waals surface area contributed by atoms with E-state index in [0.29, 0.717) is 0 Å². The molecule has 2 heterocycles. The van der Waals surface area contributed by atoms with Gasteiger partial charge in [-0.25, -0.2) is 9.97 Å². The Morgan fingerprint density at radius 2 is 1.50 bits per heavy atom. The second-order valence-electron chi connectivity index (χ2n) is 9.00. The van der Waals surface area contributed by atoms with E-state index in [4.69, 9.17) is 9.97 Å². The van der Waals surface area contributed by atoms with E-state index in [0.717, 1.165) is 23.8 Å². The predicted molar refractivity (Wildman–Crippen MR) is 120 cm³/mol. The van der Waals surface area contributed by atoms with Gasteiger partial charge >= 0.3 is 0 Å². The molecule has 150 valence electrons. The van der Waals surface area contributed by atoms with Crippen LogP contribution in [0.4, 0.5) is 5.82 Å². The van der Waals surface area contributed by atoms with Crippen molar-refractivity contribution in [2.75, 3.05) is 11.4 Å². The third kappa shape index (κ3) is 3.19. The van der Waals surface area contributed by atoms with Crippen molar-refractivity contribution < 1.29 is 0 Å². The zero-order valence-electron chi connectivity index (χ0n) is 19.2. The van der Waals surface area contributed by atoms with Crippen molar-refractivity contribution in [3.63, 3.8) is 0 Å². The van der Waals surface area contributed by atoms with Crippen LogP contribution in [0.5, 0.6) is 0 Å². The third-order valence-electron chi connectivity index (χ3n) is 5.69. The Morgan fingerprint density at radius 1 is 0.929 bits per heavy atom. The number of aromatic nitrogens is 3. The molecule has 0 saturated heterocycles. The SMILES string of the molecule is CCN(c1nc(C)nc2c1c(C)c(C)n2-c1c(C)cc(C)cc1C)C(C)(C)C. The van der Waals surface area contributed by atoms with Gasteiger partial charge in [0, 0.05) is 17.8 Å². The van der Waals surface area contributed by atoms with E-state index in [2.05, 4.69) is 83.9 Å². The average molecular weight is 379 g/mol. The van der Waals surface area contributed by atoms with E-state index in [1.807, 2.05) is 6.92 Å². The lowest BCUT2D eigenvalue weighted by Crippen LogP contribution is -2.42. The molecular weight excluding hydrogens is 344 g/mol. The Kier molecular flexibility index (Phi) is 5.03. The highest BCUT2D eigenvalue weighted by Gasteiger charge is 2.27. The number of hydrogen-bond acceptors (Lipinski definition) is 3. The Morgan fingerprint density at radius 3 is 2.00 bits per heavy atom. The van der Waals surface area contributed by atoms with Gasteiger partial charge in [0.05, 0.1) is 11.1 Å². The lowest BCUT2D eigenvalue weighted by molar-refractivity contribution is 0.509. The fourth-order valence-electron chi connectivity index (χ4n) is 4.48. The molecule has 0 bridgehead atoms. The summed E-state index contributed by atoms with van der Waals surface area (Å²) in [6.45, 7) is 22.8. The molecule has 4 heteroatoms. The second-order valence-corrected chi connectivity index (χ2v) is 9.00. The monoisotopic (exact) mass is 378 g/mol. The molecule has 3 rings (SSSR count). The number of fused-ring (bicyclic) bond motifs is 1. The minimum Gasteiger partial charge on any atom is -0.351 e. The van der Waals surface area contributed by atoms with Crippen LogP contribution in [-0.2, 0) is 0 Å². The van der Waals surface area contributed by atoms with Crippen molar-refractivity contribution >= 4 is 16.9 Å². The molecule has 4 nitrogen and oxygen atoms in total. The van der Waals surface area contributed by atoms with Crippen molar-refractivity contribution in [3.05, 3.63) is 45.9 Å². The van der Waals surface area contributed by atoms with Gasteiger partial charge in [-0.2, -0.15) is 0 Å². The highest BCUT2D eigenvalue weighted by atomic mass is 15.3. The Bertz CT molecular complexity index is 1030. The minimum atomic E-state index is -0.0133. The molecule has 2 aromatic heterocycles. The summed E-state index contributed by atoms with van der Waals surface area (Å²) in [6.07, 6.45) is 0. The van der Waals surface area contributed by atoms with Crippen molar-refractivity contribution in [2.24, 2.45) is 0 Å². The summed E-state index contributed by atoms with van der Waals surface area (Å²) in [4.78, 5) is 12.2. The standard InChI is InChI=1S/C24H34N4/c1-11-27(24(8,9)10)22-20-17(5)18(6)28(23(20)26-19(7)25-22)21-15(3)12-14(2)13-16(21)4/h12-13H,11H2,1-10H3. The molecule has 0 fully saturated rings. The summed E-state index contributed by atoms with van der Waals surface area (Å²) < 4.78 is 2.34. The first-order valence-corrected chi connectivity index (χ1v) is 10.2. The van der Waals surface area contributed by atoms with Gasteiger partial charge in [-0.3, -0.25) is 4.57 Å². The smallest absolute Gasteiger partial charge is 0.150 e. The summed E-state index contributed by atoms with van der Waals surface area (Å²) in [5, 5.41) is 1.17. The molecule has 0 unspecified atom stereocenters. The summed E-state index contributed by atoms with van der Waals surface area (Å²) in [5.41, 5.74) is 8.57. The molecular formula is C24H34N4. The molecule has 0 saturated carbocycles. The van der Waals surface area contributed by atoms with Crippen LogP contribution in [0.2, 0.25) is 0 Å². The maximum atomic E-state index is 4.92. The maximum Gasteiger partial charge on any atom is 0.150 e. The van der Waals surface area contributed by atoms with E-state index >= 15 is 0 Å². The van der Waals surface area contributed by atoms with Crippen LogP contribution in [0.3, 0.4) is 0 Å². The van der Waals surface area contributed by atoms with Gasteiger partial charge < -0.3 is 4.90 Å². The van der Waals surface area contributed by atoms with Crippen LogP contribution in [0.25, 0.3) is 16.7 Å². The number of rotatable bonds is 3. The molecule has 0 aliphatic heterocycles. The Balaban J connectivity index is 2.46. The van der Waals surface area contributed by atoms with Gasteiger partial charge in [0.25, 0.3) is 0 Å². The van der Waals surface area contributed by atoms with Crippen LogP contribution in [0.15, 0.2) is 12.1 Å². The number of benzene rings is 1. The van der Waals surface area contributed by atoms with Crippen molar-refractivity contribution in [1.82, 2.24) is 14.5 Å². The molecule has 0 amide bonds. The molecule has 0 aliphatic carbocycles. The normalized spacial score (nSPS) is 12.1. The number of nitrogens with zero attached hydrogens (tertiary/aromatic N) is 4. The van der Waals surface area contributed by atoms with E-state index in [1.165, 1.54) is 39.0 Å². The lowest BCUT2D eigenvalue weighted by atomic mass is 10.0. The molecule has 0 spiro atoms. The third-order valence-corrected chi connectivity index (χ3v) is 5.69. The average Bonchev–Trinajstić information content (AvgIpc) is 2.78. The van der Waals surface area contributed by atoms with Gasteiger partial charge in [0.1, 0.15) is 11.6 Å². The zero-order valence-corrected chi connectivity index (χ0v) is 19.2. The summed E-state index contributed by atoms with van der Waals surface area (Å²) in [7, 11) is 0. The largest absolute Gasteiger partial charge is 0.351 e. The number of anilines is 1. The first kappa shape index (κ1) is 20.4. The zero-order chi connectivity index (χ0) is 21.0. The summed E-state index contributed by atoms with van der Waals surface area (Å²) in [5.74, 6) is 1.85. The molecule has 0 radical (unpaired) electrons.